The minimum atomic E-state index is 0.0801. The smallest absolute Gasteiger partial charge is 0.248 e. The summed E-state index contributed by atoms with van der Waals surface area (Å²) < 4.78 is 5.10. The van der Waals surface area contributed by atoms with E-state index in [1.165, 1.54) is 0 Å². The van der Waals surface area contributed by atoms with Crippen LogP contribution in [0.3, 0.4) is 0 Å². The van der Waals surface area contributed by atoms with Crippen molar-refractivity contribution in [3.63, 3.8) is 0 Å². The van der Waals surface area contributed by atoms with Crippen LogP contribution in [-0.2, 0) is 9.53 Å². The van der Waals surface area contributed by atoms with Crippen LogP contribution < -0.4 is 0 Å². The van der Waals surface area contributed by atoms with Crippen LogP contribution in [0.4, 0.5) is 0 Å². The lowest BCUT2D eigenvalue weighted by Gasteiger charge is -2.26. The summed E-state index contributed by atoms with van der Waals surface area (Å²) in [5, 5.41) is 0.905. The van der Waals surface area contributed by atoms with E-state index in [1.807, 2.05) is 29.2 Å². The summed E-state index contributed by atoms with van der Waals surface area (Å²) in [6, 6.07) is 7.96. The van der Waals surface area contributed by atoms with Crippen molar-refractivity contribution in [3.8, 4) is 0 Å². The van der Waals surface area contributed by atoms with Gasteiger partial charge in [0.15, 0.2) is 5.16 Å². The van der Waals surface area contributed by atoms with Crippen LogP contribution >= 0.6 is 11.8 Å². The molecule has 0 spiro atoms. The summed E-state index contributed by atoms with van der Waals surface area (Å²) in [6.07, 6.45) is 0. The fourth-order valence-electron chi connectivity index (χ4n) is 2.04. The molecule has 1 aliphatic rings. The predicted molar refractivity (Wildman–Crippen MR) is 74.2 cm³/mol. The Hall–Kier alpha value is -1.53. The Morgan fingerprint density at radius 2 is 2.32 bits per heavy atom. The number of amides is 1. The van der Waals surface area contributed by atoms with E-state index in [1.54, 1.807) is 11.8 Å². The summed E-state index contributed by atoms with van der Waals surface area (Å²) >= 11 is 1.64. The number of para-hydroxylation sites is 2. The van der Waals surface area contributed by atoms with Crippen molar-refractivity contribution < 1.29 is 9.53 Å². The molecule has 1 N–H and O–H groups in total. The molecule has 1 aromatic carbocycles. The standard InChI is InChI=1S/C13H15N3O2S/c17-12-9-18-7-5-16(12)6-8-19-13-14-10-3-1-2-4-11(10)15-13/h1-4H,5-9H2,(H,14,15). The molecule has 5 nitrogen and oxygen atoms in total. The van der Waals surface area contributed by atoms with E-state index in [2.05, 4.69) is 9.97 Å². The molecule has 2 aromatic rings. The van der Waals surface area contributed by atoms with Crippen molar-refractivity contribution in [1.82, 2.24) is 14.9 Å². The average Bonchev–Trinajstić information content (AvgIpc) is 2.83. The molecule has 19 heavy (non-hydrogen) atoms. The monoisotopic (exact) mass is 277 g/mol. The van der Waals surface area contributed by atoms with Gasteiger partial charge < -0.3 is 14.6 Å². The molecule has 0 saturated carbocycles. The minimum absolute atomic E-state index is 0.0801. The second-order valence-electron chi connectivity index (χ2n) is 4.34. The zero-order valence-corrected chi connectivity index (χ0v) is 11.3. The lowest BCUT2D eigenvalue weighted by Crippen LogP contribution is -2.42. The van der Waals surface area contributed by atoms with E-state index in [-0.39, 0.29) is 12.5 Å². The number of aromatic nitrogens is 2. The Morgan fingerprint density at radius 3 is 3.16 bits per heavy atom. The molecule has 0 unspecified atom stereocenters. The fraction of sp³-hybridized carbons (Fsp3) is 0.385. The largest absolute Gasteiger partial charge is 0.370 e. The van der Waals surface area contributed by atoms with E-state index in [9.17, 15) is 4.79 Å². The number of imidazole rings is 1. The van der Waals surface area contributed by atoms with Gasteiger partial charge >= 0.3 is 0 Å². The Balaban J connectivity index is 1.55. The van der Waals surface area contributed by atoms with Crippen LogP contribution in [0.5, 0.6) is 0 Å². The fourth-order valence-corrected chi connectivity index (χ4v) is 2.89. The van der Waals surface area contributed by atoms with Gasteiger partial charge in [-0.3, -0.25) is 4.79 Å². The zero-order chi connectivity index (χ0) is 13.1. The summed E-state index contributed by atoms with van der Waals surface area (Å²) in [6.45, 7) is 2.29. The van der Waals surface area contributed by atoms with Gasteiger partial charge in [0.25, 0.3) is 0 Å². The van der Waals surface area contributed by atoms with Crippen LogP contribution in [0.25, 0.3) is 11.0 Å². The Morgan fingerprint density at radius 1 is 1.42 bits per heavy atom. The normalized spacial score (nSPS) is 16.2. The number of nitrogens with zero attached hydrogens (tertiary/aromatic N) is 2. The third-order valence-electron chi connectivity index (χ3n) is 3.05. The highest BCUT2D eigenvalue weighted by Crippen LogP contribution is 2.19. The second kappa shape index (κ2) is 5.63. The maximum Gasteiger partial charge on any atom is 0.248 e. The molecule has 1 aromatic heterocycles. The number of morpholine rings is 1. The lowest BCUT2D eigenvalue weighted by atomic mass is 10.3. The lowest BCUT2D eigenvalue weighted by molar-refractivity contribution is -0.142. The average molecular weight is 277 g/mol. The number of hydrogen-bond donors (Lipinski definition) is 1. The summed E-state index contributed by atoms with van der Waals surface area (Å²) in [5.74, 6) is 0.919. The van der Waals surface area contributed by atoms with Gasteiger partial charge in [0.05, 0.1) is 17.6 Å². The topological polar surface area (TPSA) is 58.2 Å². The number of carbonyl (C=O) groups excluding carboxylic acids is 1. The molecule has 6 heteroatoms. The second-order valence-corrected chi connectivity index (χ2v) is 5.42. The highest BCUT2D eigenvalue weighted by atomic mass is 32.2. The van der Waals surface area contributed by atoms with Gasteiger partial charge in [-0.25, -0.2) is 4.98 Å². The van der Waals surface area contributed by atoms with Gasteiger partial charge in [0, 0.05) is 18.8 Å². The van der Waals surface area contributed by atoms with Crippen LogP contribution in [0.1, 0.15) is 0 Å². The molecule has 1 saturated heterocycles. The number of aromatic amines is 1. The summed E-state index contributed by atoms with van der Waals surface area (Å²) in [4.78, 5) is 21.2. The number of fused-ring (bicyclic) bond motifs is 1. The Labute approximate surface area is 115 Å². The molecule has 0 aliphatic carbocycles. The van der Waals surface area contributed by atoms with Crippen molar-refractivity contribution in [1.29, 1.82) is 0 Å². The third-order valence-corrected chi connectivity index (χ3v) is 3.90. The van der Waals surface area contributed by atoms with Crippen LogP contribution in [-0.4, -0.2) is 52.8 Å². The maximum absolute atomic E-state index is 11.5. The number of ether oxygens (including phenoxy) is 1. The number of H-pyrrole nitrogens is 1. The molecule has 0 bridgehead atoms. The number of hydrogen-bond acceptors (Lipinski definition) is 4. The minimum Gasteiger partial charge on any atom is -0.370 e. The quantitative estimate of drug-likeness (QED) is 0.861. The Kier molecular flexibility index (Phi) is 3.70. The summed E-state index contributed by atoms with van der Waals surface area (Å²) in [7, 11) is 0. The highest BCUT2D eigenvalue weighted by Gasteiger charge is 2.17. The number of thioether (sulfide) groups is 1. The number of benzene rings is 1. The molecule has 100 valence electrons. The van der Waals surface area contributed by atoms with E-state index in [0.717, 1.165) is 28.5 Å². The molecule has 0 radical (unpaired) electrons. The van der Waals surface area contributed by atoms with Gasteiger partial charge in [0.1, 0.15) is 6.61 Å². The first-order valence-corrected chi connectivity index (χ1v) is 7.24. The highest BCUT2D eigenvalue weighted by molar-refractivity contribution is 7.99. The molecular formula is C13H15N3O2S. The van der Waals surface area contributed by atoms with Crippen LogP contribution in [0.2, 0.25) is 0 Å². The van der Waals surface area contributed by atoms with Gasteiger partial charge in [-0.15, -0.1) is 0 Å². The van der Waals surface area contributed by atoms with Crippen molar-refractivity contribution in [2.75, 3.05) is 32.1 Å². The van der Waals surface area contributed by atoms with Crippen molar-refractivity contribution in [2.45, 2.75) is 5.16 Å². The van der Waals surface area contributed by atoms with Crippen LogP contribution in [0, 0.1) is 0 Å². The van der Waals surface area contributed by atoms with Gasteiger partial charge in [-0.05, 0) is 12.1 Å². The van der Waals surface area contributed by atoms with Crippen molar-refractivity contribution >= 4 is 28.7 Å². The van der Waals surface area contributed by atoms with Gasteiger partial charge in [0.2, 0.25) is 5.91 Å². The predicted octanol–water partition coefficient (Wildman–Crippen LogP) is 1.51. The van der Waals surface area contributed by atoms with E-state index < -0.39 is 0 Å². The van der Waals surface area contributed by atoms with E-state index in [4.69, 9.17) is 4.74 Å². The molecule has 3 rings (SSSR count). The Bertz CT molecular complexity index is 551. The molecular weight excluding hydrogens is 262 g/mol. The SMILES string of the molecule is O=C1COCCN1CCSc1nc2ccccc2[nH]1. The van der Waals surface area contributed by atoms with E-state index in [0.29, 0.717) is 13.2 Å². The number of nitrogens with one attached hydrogen (secondary N) is 1. The molecule has 1 amide bonds. The number of rotatable bonds is 4. The molecule has 0 atom stereocenters. The first kappa shape index (κ1) is 12.5. The van der Waals surface area contributed by atoms with Gasteiger partial charge in [-0.1, -0.05) is 23.9 Å². The van der Waals surface area contributed by atoms with Gasteiger partial charge in [-0.2, -0.15) is 0 Å². The summed E-state index contributed by atoms with van der Waals surface area (Å²) in [5.41, 5.74) is 2.03. The third kappa shape index (κ3) is 2.90. The maximum atomic E-state index is 11.5. The van der Waals surface area contributed by atoms with Crippen LogP contribution in [0.15, 0.2) is 29.4 Å². The molecule has 1 fully saturated rings. The number of carbonyl (C=O) groups is 1. The zero-order valence-electron chi connectivity index (χ0n) is 10.5. The van der Waals surface area contributed by atoms with E-state index >= 15 is 0 Å². The first-order valence-electron chi connectivity index (χ1n) is 6.26. The van der Waals surface area contributed by atoms with Crippen molar-refractivity contribution in [3.05, 3.63) is 24.3 Å². The van der Waals surface area contributed by atoms with Crippen molar-refractivity contribution in [2.24, 2.45) is 0 Å². The molecule has 2 heterocycles. The molecule has 1 aliphatic heterocycles. The first-order chi connectivity index (χ1) is 9.33.